The van der Waals surface area contributed by atoms with Crippen LogP contribution in [-0.4, -0.2) is 63.6 Å². The van der Waals surface area contributed by atoms with Crippen LogP contribution in [0.5, 0.6) is 0 Å². The molecular weight excluding hydrogens is 443 g/mol. The summed E-state index contributed by atoms with van der Waals surface area (Å²) in [5.74, 6) is 1.44. The van der Waals surface area contributed by atoms with Crippen molar-refractivity contribution in [2.24, 2.45) is 11.7 Å². The number of piperidine rings is 2. The molecule has 1 aromatic carbocycles. The van der Waals surface area contributed by atoms with E-state index in [-0.39, 0.29) is 5.02 Å². The molecule has 174 valence electrons. The maximum atomic E-state index is 13.5. The molecule has 0 radical (unpaired) electrons. The lowest BCUT2D eigenvalue weighted by atomic mass is 9.95. The lowest BCUT2D eigenvalue weighted by molar-refractivity contribution is 0.171. The van der Waals surface area contributed by atoms with Gasteiger partial charge in [0.15, 0.2) is 5.82 Å². The van der Waals surface area contributed by atoms with Crippen molar-refractivity contribution in [3.8, 4) is 0 Å². The van der Waals surface area contributed by atoms with Crippen LogP contribution in [0.4, 0.5) is 21.8 Å². The van der Waals surface area contributed by atoms with Crippen molar-refractivity contribution in [2.75, 3.05) is 42.9 Å². The number of fused-ring (bicyclic) bond motifs is 1. The highest BCUT2D eigenvalue weighted by atomic mass is 35.5. The second-order valence-electron chi connectivity index (χ2n) is 8.95. The van der Waals surface area contributed by atoms with Gasteiger partial charge >= 0.3 is 0 Å². The minimum Gasteiger partial charge on any atom is -0.341 e. The number of benzene rings is 1. The van der Waals surface area contributed by atoms with Crippen molar-refractivity contribution in [2.45, 2.75) is 31.7 Å². The summed E-state index contributed by atoms with van der Waals surface area (Å²) in [6.45, 7) is 5.23. The summed E-state index contributed by atoms with van der Waals surface area (Å²) in [6.07, 6.45) is 7.63. The molecule has 5 rings (SSSR count). The topological polar surface area (TPSA) is 96.1 Å². The smallest absolute Gasteiger partial charge is 0.226 e. The van der Waals surface area contributed by atoms with Crippen molar-refractivity contribution in [1.82, 2.24) is 24.8 Å². The van der Waals surface area contributed by atoms with E-state index in [2.05, 4.69) is 30.1 Å². The number of aromatic nitrogens is 4. The first-order valence-corrected chi connectivity index (χ1v) is 11.9. The van der Waals surface area contributed by atoms with Crippen molar-refractivity contribution < 1.29 is 4.39 Å². The molecule has 2 saturated heterocycles. The molecule has 3 aromatic rings. The molecule has 0 spiro atoms. The molecule has 4 heterocycles. The van der Waals surface area contributed by atoms with Crippen LogP contribution >= 0.6 is 11.6 Å². The molecule has 8 nitrogen and oxygen atoms in total. The zero-order valence-electron chi connectivity index (χ0n) is 18.4. The van der Waals surface area contributed by atoms with E-state index in [0.717, 1.165) is 58.4 Å². The molecule has 2 aliphatic rings. The van der Waals surface area contributed by atoms with Gasteiger partial charge < -0.3 is 20.9 Å². The number of hydrogen-bond donors (Lipinski definition) is 2. The summed E-state index contributed by atoms with van der Waals surface area (Å²) >= 11 is 5.92. The zero-order valence-corrected chi connectivity index (χ0v) is 19.2. The number of nitrogens with zero attached hydrogens (tertiary/aromatic N) is 6. The quantitative estimate of drug-likeness (QED) is 0.584. The molecule has 3 N–H and O–H groups in total. The van der Waals surface area contributed by atoms with Gasteiger partial charge in [-0.3, -0.25) is 0 Å². The van der Waals surface area contributed by atoms with Gasteiger partial charge in [0.1, 0.15) is 23.2 Å². The van der Waals surface area contributed by atoms with Gasteiger partial charge in [-0.1, -0.05) is 11.6 Å². The van der Waals surface area contributed by atoms with Gasteiger partial charge in [0.2, 0.25) is 5.95 Å². The van der Waals surface area contributed by atoms with Gasteiger partial charge in [-0.2, -0.15) is 0 Å². The van der Waals surface area contributed by atoms with Gasteiger partial charge in [0, 0.05) is 31.4 Å². The third kappa shape index (κ3) is 5.15. The molecule has 2 aliphatic heterocycles. The fraction of sp³-hybridized carbons (Fsp3) is 0.478. The van der Waals surface area contributed by atoms with Gasteiger partial charge in [0.25, 0.3) is 0 Å². The predicted octanol–water partition coefficient (Wildman–Crippen LogP) is 3.60. The standard InChI is InChI=1S/C23H28ClFN8/c24-18-11-17(1-2-19(18)25)30-22-21-20(28-14-29-22)12-27-23(31-21)33-9-3-15(4-10-33)13-32-7-5-16(26)6-8-32/h1-2,11-12,14-16H,3-10,13,26H2,(H,28,29,30). The number of nitrogens with two attached hydrogens (primary N) is 1. The fourth-order valence-corrected chi connectivity index (χ4v) is 4.80. The number of rotatable bonds is 5. The first kappa shape index (κ1) is 22.2. The summed E-state index contributed by atoms with van der Waals surface area (Å²) in [5.41, 5.74) is 7.92. The van der Waals surface area contributed by atoms with E-state index in [1.165, 1.54) is 18.5 Å². The molecule has 0 aliphatic carbocycles. The highest BCUT2D eigenvalue weighted by molar-refractivity contribution is 6.31. The minimum absolute atomic E-state index is 0.0453. The fourth-order valence-electron chi connectivity index (χ4n) is 4.62. The summed E-state index contributed by atoms with van der Waals surface area (Å²) in [4.78, 5) is 22.8. The van der Waals surface area contributed by atoms with Crippen molar-refractivity contribution in [3.05, 3.63) is 41.6 Å². The van der Waals surface area contributed by atoms with Crippen LogP contribution in [0, 0.1) is 11.7 Å². The van der Waals surface area contributed by atoms with E-state index in [1.54, 1.807) is 12.3 Å². The summed E-state index contributed by atoms with van der Waals surface area (Å²) in [5, 5.41) is 3.22. The Balaban J connectivity index is 1.27. The number of nitrogens with one attached hydrogen (secondary N) is 1. The average molecular weight is 471 g/mol. The first-order valence-electron chi connectivity index (χ1n) is 11.5. The number of likely N-dealkylation sites (tertiary alicyclic amines) is 1. The molecule has 10 heteroatoms. The maximum absolute atomic E-state index is 13.5. The highest BCUT2D eigenvalue weighted by Crippen LogP contribution is 2.27. The van der Waals surface area contributed by atoms with E-state index in [4.69, 9.17) is 22.3 Å². The van der Waals surface area contributed by atoms with Gasteiger partial charge in [0.05, 0.1) is 11.2 Å². The largest absolute Gasteiger partial charge is 0.341 e. The summed E-state index contributed by atoms with van der Waals surface area (Å²) < 4.78 is 13.5. The second-order valence-corrected chi connectivity index (χ2v) is 9.36. The van der Waals surface area contributed by atoms with E-state index in [1.807, 2.05) is 0 Å². The Labute approximate surface area is 197 Å². The average Bonchev–Trinajstić information content (AvgIpc) is 2.83. The van der Waals surface area contributed by atoms with E-state index < -0.39 is 5.82 Å². The van der Waals surface area contributed by atoms with E-state index >= 15 is 0 Å². The third-order valence-electron chi connectivity index (χ3n) is 6.59. The van der Waals surface area contributed by atoms with Gasteiger partial charge in [-0.15, -0.1) is 0 Å². The second kappa shape index (κ2) is 9.70. The van der Waals surface area contributed by atoms with E-state index in [0.29, 0.717) is 40.4 Å². The minimum atomic E-state index is -0.466. The molecule has 2 fully saturated rings. The normalized spacial score (nSPS) is 18.7. The molecule has 0 atom stereocenters. The number of anilines is 3. The number of halogens is 2. The first-order chi connectivity index (χ1) is 16.0. The molecule has 2 aromatic heterocycles. The van der Waals surface area contributed by atoms with Crippen LogP contribution in [0.25, 0.3) is 11.0 Å². The highest BCUT2D eigenvalue weighted by Gasteiger charge is 2.25. The Morgan fingerprint density at radius 2 is 1.85 bits per heavy atom. The lowest BCUT2D eigenvalue weighted by Crippen LogP contribution is -2.44. The molecule has 33 heavy (non-hydrogen) atoms. The Morgan fingerprint density at radius 1 is 1.06 bits per heavy atom. The lowest BCUT2D eigenvalue weighted by Gasteiger charge is -2.37. The van der Waals surface area contributed by atoms with Crippen LogP contribution in [0.3, 0.4) is 0 Å². The van der Waals surface area contributed by atoms with Crippen molar-refractivity contribution in [1.29, 1.82) is 0 Å². The molecule has 0 amide bonds. The Bertz CT molecular complexity index is 1110. The monoisotopic (exact) mass is 470 g/mol. The molecule has 0 unspecified atom stereocenters. The predicted molar refractivity (Wildman–Crippen MR) is 128 cm³/mol. The molecular formula is C23H28ClFN8. The van der Waals surface area contributed by atoms with Gasteiger partial charge in [-0.05, 0) is 62.9 Å². The SMILES string of the molecule is NC1CCN(CC2CCN(c3ncc4ncnc(Nc5ccc(F)c(Cl)c5)c4n3)CC2)CC1. The van der Waals surface area contributed by atoms with Crippen LogP contribution in [0.1, 0.15) is 25.7 Å². The molecule has 0 bridgehead atoms. The zero-order chi connectivity index (χ0) is 22.8. The molecule has 0 saturated carbocycles. The van der Waals surface area contributed by atoms with Crippen molar-refractivity contribution in [3.63, 3.8) is 0 Å². The van der Waals surface area contributed by atoms with Crippen molar-refractivity contribution >= 4 is 40.1 Å². The summed E-state index contributed by atoms with van der Waals surface area (Å²) in [6, 6.07) is 4.82. The maximum Gasteiger partial charge on any atom is 0.226 e. The summed E-state index contributed by atoms with van der Waals surface area (Å²) in [7, 11) is 0. The van der Waals surface area contributed by atoms with Gasteiger partial charge in [-0.25, -0.2) is 24.3 Å². The van der Waals surface area contributed by atoms with Crippen LogP contribution in [0.2, 0.25) is 5.02 Å². The van der Waals surface area contributed by atoms with Crippen LogP contribution < -0.4 is 16.0 Å². The third-order valence-corrected chi connectivity index (χ3v) is 6.88. The Morgan fingerprint density at radius 3 is 2.61 bits per heavy atom. The Hall–Kier alpha value is -2.62. The Kier molecular flexibility index (Phi) is 6.52. The van der Waals surface area contributed by atoms with E-state index in [9.17, 15) is 4.39 Å². The van der Waals surface area contributed by atoms with Crippen LogP contribution in [0.15, 0.2) is 30.7 Å². The number of hydrogen-bond acceptors (Lipinski definition) is 8. The van der Waals surface area contributed by atoms with Crippen LogP contribution in [-0.2, 0) is 0 Å².